The lowest BCUT2D eigenvalue weighted by atomic mass is 9.97. The summed E-state index contributed by atoms with van der Waals surface area (Å²) in [5, 5.41) is 8.82. The molecule has 0 saturated heterocycles. The van der Waals surface area contributed by atoms with Crippen LogP contribution in [0.1, 0.15) is 82.2 Å². The summed E-state index contributed by atoms with van der Waals surface area (Å²) in [6.07, 6.45) is 15.5. The monoisotopic (exact) mass is 355 g/mol. The van der Waals surface area contributed by atoms with E-state index >= 15 is 0 Å². The Balaban J connectivity index is 1.64. The molecule has 26 heavy (non-hydrogen) atoms. The number of benzene rings is 1. The van der Waals surface area contributed by atoms with E-state index in [2.05, 4.69) is 53.8 Å². The van der Waals surface area contributed by atoms with E-state index < -0.39 is 0 Å². The maximum atomic E-state index is 6.50. The van der Waals surface area contributed by atoms with Gasteiger partial charge in [-0.2, -0.15) is 0 Å². The number of ether oxygens (including phenoxy) is 1. The van der Waals surface area contributed by atoms with E-state index in [9.17, 15) is 0 Å². The lowest BCUT2D eigenvalue weighted by Gasteiger charge is -2.27. The second-order valence-corrected chi connectivity index (χ2v) is 7.54. The maximum Gasteiger partial charge on any atom is 0.156 e. The predicted molar refractivity (Wildman–Crippen MR) is 105 cm³/mol. The quantitative estimate of drug-likeness (QED) is 0.529. The van der Waals surface area contributed by atoms with E-state index in [4.69, 9.17) is 4.74 Å². The highest BCUT2D eigenvalue weighted by Gasteiger charge is 2.22. The third kappa shape index (κ3) is 5.94. The van der Waals surface area contributed by atoms with Gasteiger partial charge >= 0.3 is 0 Å². The topological polar surface area (TPSA) is 39.9 Å². The summed E-state index contributed by atoms with van der Waals surface area (Å²) in [6, 6.07) is 10.6. The fraction of sp³-hybridized carbons (Fsp3) is 0.636. The predicted octanol–water partition coefficient (Wildman–Crippen LogP) is 5.49. The Hall–Kier alpha value is -1.68. The first-order chi connectivity index (χ1) is 12.8. The minimum Gasteiger partial charge on any atom is -0.353 e. The molecule has 3 rings (SSSR count). The van der Waals surface area contributed by atoms with Crippen molar-refractivity contribution in [3.8, 4) is 0 Å². The van der Waals surface area contributed by atoms with E-state index in [0.717, 1.165) is 18.5 Å². The molecule has 1 aromatic carbocycles. The number of unbranched alkanes of at least 4 members (excludes halogenated alkanes) is 3. The van der Waals surface area contributed by atoms with Gasteiger partial charge in [-0.25, -0.2) is 4.68 Å². The molecule has 0 radical (unpaired) electrons. The van der Waals surface area contributed by atoms with Crippen LogP contribution in [0.25, 0.3) is 0 Å². The van der Waals surface area contributed by atoms with Gasteiger partial charge in [-0.3, -0.25) is 0 Å². The first kappa shape index (κ1) is 19.1. The molecule has 1 unspecified atom stereocenters. The molecule has 0 spiro atoms. The molecular formula is C22H33N3O. The van der Waals surface area contributed by atoms with Crippen LogP contribution in [0.4, 0.5) is 0 Å². The number of aromatic nitrogens is 3. The van der Waals surface area contributed by atoms with E-state index in [-0.39, 0.29) is 6.23 Å². The van der Waals surface area contributed by atoms with Crippen LogP contribution in [-0.4, -0.2) is 21.1 Å². The van der Waals surface area contributed by atoms with Crippen molar-refractivity contribution in [2.45, 2.75) is 89.9 Å². The number of rotatable bonds is 10. The van der Waals surface area contributed by atoms with Crippen molar-refractivity contribution >= 4 is 0 Å². The average molecular weight is 356 g/mol. The third-order valence-electron chi connectivity index (χ3n) is 5.29. The fourth-order valence-corrected chi connectivity index (χ4v) is 3.74. The van der Waals surface area contributed by atoms with Crippen molar-refractivity contribution in [1.82, 2.24) is 15.0 Å². The van der Waals surface area contributed by atoms with Crippen LogP contribution in [0.3, 0.4) is 0 Å². The van der Waals surface area contributed by atoms with Gasteiger partial charge in [0.05, 0.1) is 18.0 Å². The zero-order chi connectivity index (χ0) is 18.0. The summed E-state index contributed by atoms with van der Waals surface area (Å²) in [6.45, 7) is 2.24. The molecule has 1 aliphatic carbocycles. The Kier molecular flexibility index (Phi) is 7.68. The van der Waals surface area contributed by atoms with Gasteiger partial charge < -0.3 is 4.74 Å². The number of nitrogens with zero attached hydrogens (tertiary/aromatic N) is 3. The van der Waals surface area contributed by atoms with E-state index in [1.54, 1.807) is 0 Å². The Bertz CT molecular complexity index is 619. The molecule has 1 fully saturated rings. The molecule has 4 heteroatoms. The number of aryl methyl sites for hydroxylation is 1. The minimum absolute atomic E-state index is 0.0580. The number of hydrogen-bond acceptors (Lipinski definition) is 3. The molecule has 0 amide bonds. The van der Waals surface area contributed by atoms with Gasteiger partial charge in [-0.15, -0.1) is 5.10 Å². The van der Waals surface area contributed by atoms with Gasteiger partial charge in [0.2, 0.25) is 0 Å². The summed E-state index contributed by atoms with van der Waals surface area (Å²) >= 11 is 0. The van der Waals surface area contributed by atoms with Crippen LogP contribution in [-0.2, 0) is 17.6 Å². The molecule has 1 saturated carbocycles. The van der Waals surface area contributed by atoms with Crippen LogP contribution in [0.2, 0.25) is 0 Å². The highest BCUT2D eigenvalue weighted by molar-refractivity contribution is 5.15. The Morgan fingerprint density at radius 2 is 1.88 bits per heavy atom. The van der Waals surface area contributed by atoms with Crippen molar-refractivity contribution in [2.75, 3.05) is 0 Å². The fourth-order valence-electron chi connectivity index (χ4n) is 3.74. The second-order valence-electron chi connectivity index (χ2n) is 7.54. The normalized spacial score (nSPS) is 16.7. The lowest BCUT2D eigenvalue weighted by molar-refractivity contribution is -0.0741. The van der Waals surface area contributed by atoms with Crippen LogP contribution in [0.5, 0.6) is 0 Å². The molecule has 1 aromatic heterocycles. The van der Waals surface area contributed by atoms with Crippen LogP contribution in [0.15, 0.2) is 36.5 Å². The Morgan fingerprint density at radius 1 is 1.08 bits per heavy atom. The van der Waals surface area contributed by atoms with Crippen molar-refractivity contribution < 1.29 is 4.74 Å². The van der Waals surface area contributed by atoms with Gasteiger partial charge in [0, 0.05) is 6.42 Å². The molecule has 0 bridgehead atoms. The van der Waals surface area contributed by atoms with Gasteiger partial charge in [0.1, 0.15) is 0 Å². The smallest absolute Gasteiger partial charge is 0.156 e. The molecule has 0 aliphatic heterocycles. The van der Waals surface area contributed by atoms with Crippen molar-refractivity contribution in [1.29, 1.82) is 0 Å². The summed E-state index contributed by atoms with van der Waals surface area (Å²) in [5.41, 5.74) is 2.37. The second kappa shape index (κ2) is 10.5. The average Bonchev–Trinajstić information content (AvgIpc) is 3.15. The molecule has 1 atom stereocenters. The molecule has 1 aliphatic rings. The Morgan fingerprint density at radius 3 is 2.65 bits per heavy atom. The Labute approximate surface area is 158 Å². The van der Waals surface area contributed by atoms with Gasteiger partial charge in [0.15, 0.2) is 6.23 Å². The van der Waals surface area contributed by atoms with E-state index in [0.29, 0.717) is 6.10 Å². The highest BCUT2D eigenvalue weighted by atomic mass is 16.5. The van der Waals surface area contributed by atoms with Crippen molar-refractivity contribution in [3.63, 3.8) is 0 Å². The summed E-state index contributed by atoms with van der Waals surface area (Å²) in [7, 11) is 0. The van der Waals surface area contributed by atoms with Gasteiger partial charge in [0.25, 0.3) is 0 Å². The standard InChI is InChI=1S/C22H33N3O/c1-2-3-4-9-14-20-18-25(24-23-20)22(17-19-12-7-5-8-13-19)26-21-15-10-6-11-16-21/h5,7-8,12-13,18,21-22H,2-4,6,9-11,14-17H2,1H3. The van der Waals surface area contributed by atoms with E-state index in [1.807, 2.05) is 4.68 Å². The molecule has 1 heterocycles. The molecule has 142 valence electrons. The molecule has 0 N–H and O–H groups in total. The largest absolute Gasteiger partial charge is 0.353 e. The molecule has 4 nitrogen and oxygen atoms in total. The third-order valence-corrected chi connectivity index (χ3v) is 5.29. The highest BCUT2D eigenvalue weighted by Crippen LogP contribution is 2.26. The number of hydrogen-bond donors (Lipinski definition) is 0. The lowest BCUT2D eigenvalue weighted by Crippen LogP contribution is -2.25. The summed E-state index contributed by atoms with van der Waals surface area (Å²) in [4.78, 5) is 0. The SMILES string of the molecule is CCCCCCc1cn(C(Cc2ccccc2)OC2CCCCC2)nn1. The first-order valence-electron chi connectivity index (χ1n) is 10.4. The summed E-state index contributed by atoms with van der Waals surface area (Å²) in [5.74, 6) is 0. The molecular weight excluding hydrogens is 322 g/mol. The van der Waals surface area contributed by atoms with Crippen molar-refractivity contribution in [2.24, 2.45) is 0 Å². The van der Waals surface area contributed by atoms with Gasteiger partial charge in [-0.1, -0.05) is 81.0 Å². The summed E-state index contributed by atoms with van der Waals surface area (Å²) < 4.78 is 8.45. The van der Waals surface area contributed by atoms with Gasteiger partial charge in [-0.05, 0) is 31.2 Å². The van der Waals surface area contributed by atoms with E-state index in [1.165, 1.54) is 63.4 Å². The van der Waals surface area contributed by atoms with Crippen molar-refractivity contribution in [3.05, 3.63) is 47.8 Å². The molecule has 2 aromatic rings. The zero-order valence-corrected chi connectivity index (χ0v) is 16.1. The first-order valence-corrected chi connectivity index (χ1v) is 10.4. The van der Waals surface area contributed by atoms with Crippen LogP contribution in [0, 0.1) is 0 Å². The maximum absolute atomic E-state index is 6.50. The van der Waals surface area contributed by atoms with Crippen LogP contribution < -0.4 is 0 Å². The van der Waals surface area contributed by atoms with Crippen LogP contribution >= 0.6 is 0 Å². The zero-order valence-electron chi connectivity index (χ0n) is 16.1. The minimum atomic E-state index is -0.0580.